The summed E-state index contributed by atoms with van der Waals surface area (Å²) in [6.07, 6.45) is 5.52. The Morgan fingerprint density at radius 2 is 1.85 bits per heavy atom. The molecule has 1 nitrogen and oxygen atoms in total. The van der Waals surface area contributed by atoms with Gasteiger partial charge in [-0.25, -0.2) is 0 Å². The minimum Gasteiger partial charge on any atom is -0.323 e. The van der Waals surface area contributed by atoms with E-state index in [9.17, 15) is 8.78 Å². The van der Waals surface area contributed by atoms with Gasteiger partial charge in [-0.3, -0.25) is 0 Å². The van der Waals surface area contributed by atoms with Gasteiger partial charge in [0.1, 0.15) is 0 Å². The Balaban J connectivity index is 3.15. The second kappa shape index (κ2) is 8.42. The fourth-order valence-corrected chi connectivity index (χ4v) is 1.25. The Hall–Kier alpha value is -0.180. The highest BCUT2D eigenvalue weighted by Crippen LogP contribution is 2.13. The first-order chi connectivity index (χ1) is 6.16. The first kappa shape index (κ1) is 12.8. The van der Waals surface area contributed by atoms with E-state index < -0.39 is 6.61 Å². The minimum atomic E-state index is -2.61. The van der Waals surface area contributed by atoms with Crippen molar-refractivity contribution < 1.29 is 13.5 Å². The van der Waals surface area contributed by atoms with E-state index in [0.717, 1.165) is 12.8 Å². The molecule has 0 saturated heterocycles. The van der Waals surface area contributed by atoms with Crippen molar-refractivity contribution in [2.45, 2.75) is 52.6 Å². The van der Waals surface area contributed by atoms with Crippen molar-refractivity contribution in [3.05, 3.63) is 0 Å². The van der Waals surface area contributed by atoms with Crippen LogP contribution in [0.15, 0.2) is 0 Å². The lowest BCUT2D eigenvalue weighted by molar-refractivity contribution is -0.131. The van der Waals surface area contributed by atoms with E-state index in [1.165, 1.54) is 19.3 Å². The fourth-order valence-electron chi connectivity index (χ4n) is 1.25. The van der Waals surface area contributed by atoms with Crippen molar-refractivity contribution >= 4 is 0 Å². The summed E-state index contributed by atoms with van der Waals surface area (Å²) in [5.74, 6) is 0.505. The Bertz CT molecular complexity index is 107. The Kier molecular flexibility index (Phi) is 8.30. The second-order valence-corrected chi connectivity index (χ2v) is 3.52. The lowest BCUT2D eigenvalue weighted by Gasteiger charge is -2.10. The quantitative estimate of drug-likeness (QED) is 0.533. The monoisotopic (exact) mass is 194 g/mol. The van der Waals surface area contributed by atoms with Gasteiger partial charge in [0.15, 0.2) is 0 Å². The number of unbranched alkanes of at least 4 members (excludes halogenated alkanes) is 2. The summed E-state index contributed by atoms with van der Waals surface area (Å²) in [6.45, 7) is 1.82. The lowest BCUT2D eigenvalue weighted by Crippen LogP contribution is -2.05. The Morgan fingerprint density at radius 1 is 1.15 bits per heavy atom. The van der Waals surface area contributed by atoms with Crippen LogP contribution in [0.3, 0.4) is 0 Å². The molecule has 3 heteroatoms. The van der Waals surface area contributed by atoms with Crippen molar-refractivity contribution in [3.63, 3.8) is 0 Å². The molecule has 0 aromatic rings. The molecule has 1 unspecified atom stereocenters. The van der Waals surface area contributed by atoms with Crippen LogP contribution < -0.4 is 0 Å². The fraction of sp³-hybridized carbons (Fsp3) is 1.00. The third-order valence-electron chi connectivity index (χ3n) is 2.15. The van der Waals surface area contributed by atoms with E-state index >= 15 is 0 Å². The van der Waals surface area contributed by atoms with E-state index in [1.807, 2.05) is 0 Å². The maximum Gasteiger partial charge on any atom is 0.345 e. The topological polar surface area (TPSA) is 9.23 Å². The highest BCUT2D eigenvalue weighted by Gasteiger charge is 2.05. The van der Waals surface area contributed by atoms with Crippen molar-refractivity contribution in [1.82, 2.24) is 0 Å². The summed E-state index contributed by atoms with van der Waals surface area (Å²) in [4.78, 5) is 0. The van der Waals surface area contributed by atoms with Gasteiger partial charge in [-0.05, 0) is 12.3 Å². The molecule has 0 fully saturated rings. The van der Waals surface area contributed by atoms with E-state index in [-0.39, 0.29) is 6.61 Å². The zero-order chi connectivity index (χ0) is 10.1. The normalized spacial score (nSPS) is 13.6. The van der Waals surface area contributed by atoms with Crippen LogP contribution in [0.25, 0.3) is 0 Å². The Labute approximate surface area is 79.5 Å². The number of rotatable bonds is 8. The van der Waals surface area contributed by atoms with Crippen LogP contribution in [0.4, 0.5) is 8.78 Å². The molecule has 0 rings (SSSR count). The molecule has 0 aromatic carbocycles. The van der Waals surface area contributed by atoms with Crippen LogP contribution in [-0.4, -0.2) is 13.2 Å². The minimum absolute atomic E-state index is 0.185. The molecule has 80 valence electrons. The molecular weight excluding hydrogens is 174 g/mol. The van der Waals surface area contributed by atoms with Crippen molar-refractivity contribution in [3.8, 4) is 0 Å². The molecule has 0 saturated carbocycles. The maximum atomic E-state index is 11.6. The Morgan fingerprint density at radius 3 is 2.38 bits per heavy atom. The van der Waals surface area contributed by atoms with Gasteiger partial charge in [0, 0.05) is 0 Å². The molecule has 0 aromatic heterocycles. The maximum absolute atomic E-state index is 11.6. The van der Waals surface area contributed by atoms with Crippen LogP contribution in [0.1, 0.15) is 46.0 Å². The molecular formula is C10H20F2O. The van der Waals surface area contributed by atoms with E-state index in [2.05, 4.69) is 18.6 Å². The average molecular weight is 194 g/mol. The van der Waals surface area contributed by atoms with E-state index in [1.54, 1.807) is 0 Å². The predicted molar refractivity (Wildman–Crippen MR) is 49.9 cm³/mol. The summed E-state index contributed by atoms with van der Waals surface area (Å²) < 4.78 is 27.3. The highest BCUT2D eigenvalue weighted by molar-refractivity contribution is 4.52. The number of hydrogen-bond acceptors (Lipinski definition) is 1. The van der Waals surface area contributed by atoms with Gasteiger partial charge in [-0.15, -0.1) is 0 Å². The van der Waals surface area contributed by atoms with E-state index in [0.29, 0.717) is 5.92 Å². The summed E-state index contributed by atoms with van der Waals surface area (Å²) in [6, 6.07) is 0. The standard InChI is InChI=1S/C10H20F2O/c1-3-4-5-6-9(2)7-8-13-10(11)12/h9-10H,3-8H2,1-2H3. The first-order valence-corrected chi connectivity index (χ1v) is 5.06. The van der Waals surface area contributed by atoms with Gasteiger partial charge in [0.2, 0.25) is 0 Å². The summed E-state index contributed by atoms with van der Waals surface area (Å²) in [5, 5.41) is 0. The van der Waals surface area contributed by atoms with Gasteiger partial charge in [-0.2, -0.15) is 8.78 Å². The van der Waals surface area contributed by atoms with Crippen LogP contribution in [-0.2, 0) is 4.74 Å². The molecule has 0 N–H and O–H groups in total. The van der Waals surface area contributed by atoms with Crippen molar-refractivity contribution in [2.75, 3.05) is 6.61 Å². The first-order valence-electron chi connectivity index (χ1n) is 5.06. The molecule has 0 aliphatic heterocycles. The summed E-state index contributed by atoms with van der Waals surface area (Å²) >= 11 is 0. The van der Waals surface area contributed by atoms with Crippen LogP contribution >= 0.6 is 0 Å². The third kappa shape index (κ3) is 9.74. The molecule has 0 amide bonds. The number of alkyl halides is 2. The third-order valence-corrected chi connectivity index (χ3v) is 2.15. The van der Waals surface area contributed by atoms with Crippen LogP contribution in [0, 0.1) is 5.92 Å². The van der Waals surface area contributed by atoms with Crippen LogP contribution in [0.5, 0.6) is 0 Å². The van der Waals surface area contributed by atoms with Gasteiger partial charge < -0.3 is 4.74 Å². The lowest BCUT2D eigenvalue weighted by atomic mass is 10.0. The molecule has 0 aliphatic carbocycles. The van der Waals surface area contributed by atoms with Gasteiger partial charge in [0.25, 0.3) is 0 Å². The summed E-state index contributed by atoms with van der Waals surface area (Å²) in [5.41, 5.74) is 0. The predicted octanol–water partition coefficient (Wildman–Crippen LogP) is 3.83. The van der Waals surface area contributed by atoms with Crippen LogP contribution in [0.2, 0.25) is 0 Å². The van der Waals surface area contributed by atoms with Gasteiger partial charge >= 0.3 is 6.61 Å². The molecule has 0 spiro atoms. The number of halogens is 2. The zero-order valence-corrected chi connectivity index (χ0v) is 8.56. The molecule has 0 heterocycles. The molecule has 0 radical (unpaired) electrons. The largest absolute Gasteiger partial charge is 0.345 e. The van der Waals surface area contributed by atoms with Crippen molar-refractivity contribution in [2.24, 2.45) is 5.92 Å². The van der Waals surface area contributed by atoms with E-state index in [4.69, 9.17) is 0 Å². The smallest absolute Gasteiger partial charge is 0.323 e. The van der Waals surface area contributed by atoms with Gasteiger partial charge in [0.05, 0.1) is 6.61 Å². The molecule has 13 heavy (non-hydrogen) atoms. The highest BCUT2D eigenvalue weighted by atomic mass is 19.3. The number of hydrogen-bond donors (Lipinski definition) is 0. The SMILES string of the molecule is CCCCCC(C)CCOC(F)F. The molecule has 0 aliphatic rings. The number of ether oxygens (including phenoxy) is 1. The summed E-state index contributed by atoms with van der Waals surface area (Å²) in [7, 11) is 0. The second-order valence-electron chi connectivity index (χ2n) is 3.52. The molecule has 1 atom stereocenters. The zero-order valence-electron chi connectivity index (χ0n) is 8.56. The van der Waals surface area contributed by atoms with Crippen molar-refractivity contribution in [1.29, 1.82) is 0 Å². The molecule has 0 bridgehead atoms. The average Bonchev–Trinajstić information content (AvgIpc) is 2.04. The van der Waals surface area contributed by atoms with Gasteiger partial charge in [-0.1, -0.05) is 39.5 Å².